The van der Waals surface area contributed by atoms with E-state index in [0.717, 1.165) is 56.2 Å². The average Bonchev–Trinajstić information content (AvgIpc) is 2.79. The fraction of sp³-hybridized carbons (Fsp3) is 0.391. The third-order valence-electron chi connectivity index (χ3n) is 5.20. The summed E-state index contributed by atoms with van der Waals surface area (Å²) in [6.07, 6.45) is 1.69. The van der Waals surface area contributed by atoms with Crippen molar-refractivity contribution < 1.29 is 9.53 Å². The van der Waals surface area contributed by atoms with Gasteiger partial charge in [0.1, 0.15) is 5.75 Å². The van der Waals surface area contributed by atoms with Gasteiger partial charge in [-0.1, -0.05) is 25.1 Å². The van der Waals surface area contributed by atoms with Crippen LogP contribution < -0.4 is 20.8 Å². The van der Waals surface area contributed by atoms with Crippen molar-refractivity contribution in [3.8, 4) is 5.75 Å². The maximum atomic E-state index is 10.8. The number of hydrogen-bond donors (Lipinski definition) is 2. The van der Waals surface area contributed by atoms with Crippen LogP contribution in [-0.4, -0.2) is 56.0 Å². The summed E-state index contributed by atoms with van der Waals surface area (Å²) in [4.78, 5) is 15.8. The van der Waals surface area contributed by atoms with Gasteiger partial charge in [-0.3, -0.25) is 4.90 Å². The van der Waals surface area contributed by atoms with Gasteiger partial charge in [0.05, 0.1) is 12.3 Å². The quantitative estimate of drug-likeness (QED) is 0.323. The van der Waals surface area contributed by atoms with E-state index in [1.165, 1.54) is 5.69 Å². The first-order valence-electron chi connectivity index (χ1n) is 10.5. The summed E-state index contributed by atoms with van der Waals surface area (Å²) in [5.41, 5.74) is 10.4. The number of benzene rings is 2. The molecular weight excluding hydrogens is 449 g/mol. The molecule has 2 amide bonds. The molecule has 0 aromatic heterocycles. The number of primary amides is 1. The van der Waals surface area contributed by atoms with Gasteiger partial charge in [0.15, 0.2) is 0 Å². The van der Waals surface area contributed by atoms with Crippen molar-refractivity contribution in [1.29, 1.82) is 0 Å². The topological polar surface area (TPSA) is 83.2 Å². The molecule has 1 fully saturated rings. The average molecular weight is 482 g/mol. The monoisotopic (exact) mass is 481 g/mol. The first-order chi connectivity index (χ1) is 14.7. The van der Waals surface area contributed by atoms with Gasteiger partial charge in [0.2, 0.25) is 0 Å². The summed E-state index contributed by atoms with van der Waals surface area (Å²) in [6, 6.07) is 17.7. The van der Waals surface area contributed by atoms with Crippen molar-refractivity contribution in [2.75, 3.05) is 44.2 Å². The molecule has 1 aliphatic heterocycles. The number of anilines is 1. The molecular formula is C23H33Cl2N5O2. The van der Waals surface area contributed by atoms with Gasteiger partial charge in [-0.2, -0.15) is 5.10 Å². The summed E-state index contributed by atoms with van der Waals surface area (Å²) < 4.78 is 5.89. The minimum absolute atomic E-state index is 0. The molecule has 176 valence electrons. The minimum atomic E-state index is -0.664. The van der Waals surface area contributed by atoms with Gasteiger partial charge in [0, 0.05) is 38.4 Å². The van der Waals surface area contributed by atoms with Crippen LogP contribution in [0.4, 0.5) is 10.5 Å². The van der Waals surface area contributed by atoms with Gasteiger partial charge < -0.3 is 15.4 Å². The van der Waals surface area contributed by atoms with Crippen molar-refractivity contribution in [3.63, 3.8) is 0 Å². The standard InChI is InChI=1S/C23H31N5O2.2ClH/c1-2-22(25-26-23(24)29)19-9-11-21(12-10-19)30-18-6-13-27-14-16-28(17-15-27)20-7-4-3-5-8-20;;/h3-5,7-12H,2,6,13-18H2,1H3,(H3,24,26,29);2*1H/b25-22-;;. The number of ether oxygens (including phenoxy) is 1. The molecule has 32 heavy (non-hydrogen) atoms. The van der Waals surface area contributed by atoms with E-state index in [1.807, 2.05) is 31.2 Å². The van der Waals surface area contributed by atoms with Gasteiger partial charge in [-0.05, 0) is 54.8 Å². The Kier molecular flexibility index (Phi) is 12.5. The van der Waals surface area contributed by atoms with Crippen LogP contribution in [0, 0.1) is 0 Å². The third kappa shape index (κ3) is 8.57. The highest BCUT2D eigenvalue weighted by Gasteiger charge is 2.16. The van der Waals surface area contributed by atoms with E-state index in [-0.39, 0.29) is 24.8 Å². The molecule has 0 unspecified atom stereocenters. The first kappa shape index (κ1) is 27.6. The summed E-state index contributed by atoms with van der Waals surface area (Å²) in [7, 11) is 0. The number of hydrogen-bond acceptors (Lipinski definition) is 5. The molecule has 7 nitrogen and oxygen atoms in total. The summed E-state index contributed by atoms with van der Waals surface area (Å²) in [5.74, 6) is 0.839. The summed E-state index contributed by atoms with van der Waals surface area (Å²) in [6.45, 7) is 8.02. The normalized spacial score (nSPS) is 14.2. The number of carbonyl (C=O) groups excluding carboxylic acids is 1. The smallest absolute Gasteiger partial charge is 0.332 e. The van der Waals surface area contributed by atoms with Crippen LogP contribution in [0.15, 0.2) is 59.7 Å². The fourth-order valence-electron chi connectivity index (χ4n) is 3.56. The molecule has 3 N–H and O–H groups in total. The van der Waals surface area contributed by atoms with Gasteiger partial charge in [0.25, 0.3) is 0 Å². The van der Waals surface area contributed by atoms with Crippen LogP contribution in [-0.2, 0) is 0 Å². The van der Waals surface area contributed by atoms with Crippen molar-refractivity contribution in [2.24, 2.45) is 10.8 Å². The Labute approximate surface area is 202 Å². The Morgan fingerprint density at radius 2 is 1.69 bits per heavy atom. The predicted molar refractivity (Wildman–Crippen MR) is 136 cm³/mol. The lowest BCUT2D eigenvalue weighted by molar-refractivity contribution is 0.225. The number of rotatable bonds is 9. The zero-order valence-electron chi connectivity index (χ0n) is 18.4. The number of halogens is 2. The molecule has 2 aromatic rings. The number of nitrogens with one attached hydrogen (secondary N) is 1. The predicted octanol–water partition coefficient (Wildman–Crippen LogP) is 3.90. The Balaban J connectivity index is 0.00000256. The van der Waals surface area contributed by atoms with E-state index in [4.69, 9.17) is 10.5 Å². The molecule has 0 aliphatic carbocycles. The molecule has 1 aliphatic rings. The fourth-order valence-corrected chi connectivity index (χ4v) is 3.56. The third-order valence-corrected chi connectivity index (χ3v) is 5.20. The number of piperazine rings is 1. The van der Waals surface area contributed by atoms with Crippen LogP contribution in [0.3, 0.4) is 0 Å². The number of amides is 2. The lowest BCUT2D eigenvalue weighted by atomic mass is 10.1. The van der Waals surface area contributed by atoms with E-state index >= 15 is 0 Å². The van der Waals surface area contributed by atoms with E-state index in [2.05, 4.69) is 50.7 Å². The molecule has 0 atom stereocenters. The maximum Gasteiger partial charge on any atom is 0.332 e. The molecule has 1 saturated heterocycles. The second-order valence-corrected chi connectivity index (χ2v) is 7.28. The molecule has 0 bridgehead atoms. The van der Waals surface area contributed by atoms with Crippen LogP contribution >= 0.6 is 24.8 Å². The molecule has 0 radical (unpaired) electrons. The molecule has 9 heteroatoms. The lowest BCUT2D eigenvalue weighted by Gasteiger charge is -2.36. The highest BCUT2D eigenvalue weighted by Crippen LogP contribution is 2.16. The molecule has 2 aromatic carbocycles. The van der Waals surface area contributed by atoms with Gasteiger partial charge in [-0.25, -0.2) is 10.2 Å². The Hall–Kier alpha value is -2.48. The Bertz CT molecular complexity index is 826. The molecule has 0 spiro atoms. The maximum absolute atomic E-state index is 10.8. The number of carbonyl (C=O) groups is 1. The SMILES string of the molecule is CC/C(=N/NC(N)=O)c1ccc(OCCCN2CCN(c3ccccc3)CC2)cc1.Cl.Cl. The van der Waals surface area contributed by atoms with Crippen LogP contribution in [0.1, 0.15) is 25.3 Å². The number of para-hydroxylation sites is 1. The van der Waals surface area contributed by atoms with Crippen molar-refractivity contribution in [3.05, 3.63) is 60.2 Å². The van der Waals surface area contributed by atoms with E-state index in [1.54, 1.807) is 0 Å². The number of urea groups is 1. The molecule has 3 rings (SSSR count). The van der Waals surface area contributed by atoms with E-state index in [9.17, 15) is 4.79 Å². The van der Waals surface area contributed by atoms with Crippen LogP contribution in [0.5, 0.6) is 5.75 Å². The van der Waals surface area contributed by atoms with Crippen molar-refractivity contribution in [2.45, 2.75) is 19.8 Å². The molecule has 0 saturated carbocycles. The highest BCUT2D eigenvalue weighted by molar-refractivity contribution is 6.00. The highest BCUT2D eigenvalue weighted by atomic mass is 35.5. The van der Waals surface area contributed by atoms with E-state index < -0.39 is 6.03 Å². The Morgan fingerprint density at radius 1 is 1.03 bits per heavy atom. The number of nitrogens with two attached hydrogens (primary N) is 1. The summed E-state index contributed by atoms with van der Waals surface area (Å²) in [5, 5.41) is 4.04. The number of nitrogens with zero attached hydrogens (tertiary/aromatic N) is 3. The van der Waals surface area contributed by atoms with Gasteiger partial charge in [-0.15, -0.1) is 24.8 Å². The van der Waals surface area contributed by atoms with Crippen LogP contribution in [0.2, 0.25) is 0 Å². The zero-order valence-corrected chi connectivity index (χ0v) is 20.0. The van der Waals surface area contributed by atoms with E-state index in [0.29, 0.717) is 13.0 Å². The number of hydrazone groups is 1. The van der Waals surface area contributed by atoms with Crippen molar-refractivity contribution in [1.82, 2.24) is 10.3 Å². The zero-order chi connectivity index (χ0) is 21.2. The Morgan fingerprint density at radius 3 is 2.28 bits per heavy atom. The lowest BCUT2D eigenvalue weighted by Crippen LogP contribution is -2.46. The first-order valence-corrected chi connectivity index (χ1v) is 10.5. The van der Waals surface area contributed by atoms with Crippen molar-refractivity contribution >= 4 is 42.2 Å². The second kappa shape index (κ2) is 14.6. The molecule has 1 heterocycles. The van der Waals surface area contributed by atoms with Crippen LogP contribution in [0.25, 0.3) is 0 Å². The second-order valence-electron chi connectivity index (χ2n) is 7.28. The summed E-state index contributed by atoms with van der Waals surface area (Å²) >= 11 is 0. The minimum Gasteiger partial charge on any atom is -0.494 e. The largest absolute Gasteiger partial charge is 0.494 e. The van der Waals surface area contributed by atoms with Gasteiger partial charge >= 0.3 is 6.03 Å².